The number of thiophene rings is 1. The van der Waals surface area contributed by atoms with E-state index in [-0.39, 0.29) is 24.4 Å². The first-order valence-electron chi connectivity index (χ1n) is 9.65. The molecule has 1 aliphatic carbocycles. The lowest BCUT2D eigenvalue weighted by Gasteiger charge is -2.07. The van der Waals surface area contributed by atoms with Crippen LogP contribution < -0.4 is 16.4 Å². The Kier molecular flexibility index (Phi) is 5.66. The van der Waals surface area contributed by atoms with Crippen LogP contribution in [-0.2, 0) is 24.2 Å². The summed E-state index contributed by atoms with van der Waals surface area (Å²) in [5.41, 5.74) is 6.32. The highest BCUT2D eigenvalue weighted by molar-refractivity contribution is 7.14. The first kappa shape index (κ1) is 19.3. The molecule has 0 saturated carbocycles. The number of hydrogen-bond acceptors (Lipinski definition) is 6. The van der Waals surface area contributed by atoms with Crippen LogP contribution in [0.3, 0.4) is 0 Å². The number of hydrazine groups is 1. The molecule has 3 aromatic rings. The molecular formula is C20H21N5O3S. The Morgan fingerprint density at radius 3 is 2.83 bits per heavy atom. The maximum atomic E-state index is 12.4. The summed E-state index contributed by atoms with van der Waals surface area (Å²) in [7, 11) is 0. The molecule has 0 spiro atoms. The molecule has 0 saturated heterocycles. The highest BCUT2D eigenvalue weighted by Crippen LogP contribution is 2.28. The summed E-state index contributed by atoms with van der Waals surface area (Å²) < 4.78 is 1.15. The smallest absolute Gasteiger partial charge is 0.273 e. The predicted octanol–water partition coefficient (Wildman–Crippen LogP) is 1.97. The highest BCUT2D eigenvalue weighted by Gasteiger charge is 2.17. The number of fused-ring (bicyclic) bond motifs is 2. The molecule has 0 aliphatic heterocycles. The molecular weight excluding hydrogens is 390 g/mol. The van der Waals surface area contributed by atoms with Crippen LogP contribution >= 0.6 is 11.3 Å². The quantitative estimate of drug-likeness (QED) is 0.504. The van der Waals surface area contributed by atoms with E-state index >= 15 is 0 Å². The zero-order valence-corrected chi connectivity index (χ0v) is 16.6. The minimum absolute atomic E-state index is 0.00581. The van der Waals surface area contributed by atoms with E-state index in [0.29, 0.717) is 15.8 Å². The maximum absolute atomic E-state index is 12.4. The topological polar surface area (TPSA) is 106 Å². The fourth-order valence-electron chi connectivity index (χ4n) is 3.41. The van der Waals surface area contributed by atoms with E-state index in [2.05, 4.69) is 21.2 Å². The van der Waals surface area contributed by atoms with Crippen LogP contribution in [0.2, 0.25) is 0 Å². The van der Waals surface area contributed by atoms with Gasteiger partial charge in [-0.25, -0.2) is 4.68 Å². The fraction of sp³-hybridized carbons (Fsp3) is 0.350. The Hall–Kier alpha value is -3.07. The second kappa shape index (κ2) is 8.52. The van der Waals surface area contributed by atoms with E-state index in [1.807, 2.05) is 6.07 Å². The summed E-state index contributed by atoms with van der Waals surface area (Å²) in [5.74, 6) is -0.725. The summed E-state index contributed by atoms with van der Waals surface area (Å²) in [6, 6.07) is 8.84. The van der Waals surface area contributed by atoms with E-state index in [9.17, 15) is 14.4 Å². The van der Waals surface area contributed by atoms with Gasteiger partial charge in [0, 0.05) is 11.3 Å². The van der Waals surface area contributed by atoms with Gasteiger partial charge in [-0.2, -0.15) is 0 Å². The van der Waals surface area contributed by atoms with Crippen molar-refractivity contribution in [2.24, 2.45) is 0 Å². The lowest BCUT2D eigenvalue weighted by atomic mass is 10.1. The van der Waals surface area contributed by atoms with Gasteiger partial charge in [0.1, 0.15) is 5.52 Å². The van der Waals surface area contributed by atoms with Crippen LogP contribution in [0.15, 0.2) is 35.1 Å². The summed E-state index contributed by atoms with van der Waals surface area (Å²) in [4.78, 5) is 38.7. The van der Waals surface area contributed by atoms with Crippen molar-refractivity contribution in [1.82, 2.24) is 25.8 Å². The molecule has 2 N–H and O–H groups in total. The van der Waals surface area contributed by atoms with Crippen LogP contribution in [0.25, 0.3) is 10.9 Å². The first-order chi connectivity index (χ1) is 14.1. The lowest BCUT2D eigenvalue weighted by molar-refractivity contribution is -0.122. The number of rotatable bonds is 4. The average Bonchev–Trinajstić information content (AvgIpc) is 3.02. The largest absolute Gasteiger partial charge is 0.279 e. The third-order valence-corrected chi connectivity index (χ3v) is 6.20. The van der Waals surface area contributed by atoms with Gasteiger partial charge in [0.2, 0.25) is 5.91 Å². The minimum atomic E-state index is -0.404. The Bertz CT molecular complexity index is 1100. The van der Waals surface area contributed by atoms with Gasteiger partial charge in [-0.1, -0.05) is 23.8 Å². The van der Waals surface area contributed by atoms with Crippen molar-refractivity contribution in [3.8, 4) is 0 Å². The average molecular weight is 411 g/mol. The number of nitrogens with one attached hydrogen (secondary N) is 2. The molecule has 0 bridgehead atoms. The van der Waals surface area contributed by atoms with Crippen molar-refractivity contribution in [1.29, 1.82) is 0 Å². The van der Waals surface area contributed by atoms with Gasteiger partial charge in [-0.05, 0) is 49.4 Å². The SMILES string of the molecule is O=C(CCn1nnc2ccccc2c1=O)NNC(=O)c1cc2c(s1)CCCCC2. The van der Waals surface area contributed by atoms with Crippen molar-refractivity contribution in [3.63, 3.8) is 0 Å². The molecule has 0 unspecified atom stereocenters. The monoisotopic (exact) mass is 411 g/mol. The van der Waals surface area contributed by atoms with Crippen LogP contribution in [0.4, 0.5) is 0 Å². The van der Waals surface area contributed by atoms with E-state index in [1.165, 1.54) is 28.2 Å². The van der Waals surface area contributed by atoms with Crippen molar-refractivity contribution in [3.05, 3.63) is 56.0 Å². The molecule has 1 aromatic carbocycles. The summed E-state index contributed by atoms with van der Waals surface area (Å²) >= 11 is 1.49. The van der Waals surface area contributed by atoms with Gasteiger partial charge in [0.05, 0.1) is 16.8 Å². The maximum Gasteiger partial charge on any atom is 0.279 e. The molecule has 4 rings (SSSR count). The Labute approximate surface area is 170 Å². The highest BCUT2D eigenvalue weighted by atomic mass is 32.1. The zero-order chi connectivity index (χ0) is 20.2. The van der Waals surface area contributed by atoms with Crippen LogP contribution in [0.1, 0.15) is 45.8 Å². The van der Waals surface area contributed by atoms with Gasteiger partial charge in [-0.3, -0.25) is 25.2 Å². The number of aromatic nitrogens is 3. The van der Waals surface area contributed by atoms with E-state index < -0.39 is 5.91 Å². The molecule has 0 radical (unpaired) electrons. The number of nitrogens with zero attached hydrogens (tertiary/aromatic N) is 3. The molecule has 1 aliphatic rings. The third kappa shape index (κ3) is 4.34. The van der Waals surface area contributed by atoms with Crippen molar-refractivity contribution >= 4 is 34.1 Å². The second-order valence-corrected chi connectivity index (χ2v) is 8.14. The van der Waals surface area contributed by atoms with Gasteiger partial charge < -0.3 is 0 Å². The van der Waals surface area contributed by atoms with Gasteiger partial charge in [-0.15, -0.1) is 16.4 Å². The number of aryl methyl sites for hydroxylation is 3. The Morgan fingerprint density at radius 2 is 1.93 bits per heavy atom. The first-order valence-corrected chi connectivity index (χ1v) is 10.5. The number of benzene rings is 1. The minimum Gasteiger partial charge on any atom is -0.273 e. The van der Waals surface area contributed by atoms with E-state index in [4.69, 9.17) is 0 Å². The van der Waals surface area contributed by atoms with E-state index in [1.54, 1.807) is 24.3 Å². The third-order valence-electron chi connectivity index (χ3n) is 4.97. The summed E-state index contributed by atoms with van der Waals surface area (Å²) in [5, 5.41) is 8.29. The molecule has 150 valence electrons. The number of carbonyl (C=O) groups is 2. The van der Waals surface area contributed by atoms with Crippen molar-refractivity contribution in [2.45, 2.75) is 45.1 Å². The molecule has 29 heavy (non-hydrogen) atoms. The summed E-state index contributed by atoms with van der Waals surface area (Å²) in [6.45, 7) is 0.0751. The Balaban J connectivity index is 1.32. The van der Waals surface area contributed by atoms with Crippen LogP contribution in [-0.4, -0.2) is 26.8 Å². The number of hydrogen-bond donors (Lipinski definition) is 2. The fourth-order valence-corrected chi connectivity index (χ4v) is 4.56. The van der Waals surface area contributed by atoms with Gasteiger partial charge in [0.15, 0.2) is 0 Å². The molecule has 2 aromatic heterocycles. The van der Waals surface area contributed by atoms with Gasteiger partial charge in [0.25, 0.3) is 11.5 Å². The number of amides is 2. The molecule has 2 heterocycles. The number of carbonyl (C=O) groups excluding carboxylic acids is 2. The second-order valence-electron chi connectivity index (χ2n) is 7.01. The van der Waals surface area contributed by atoms with Crippen LogP contribution in [0, 0.1) is 0 Å². The molecule has 8 nitrogen and oxygen atoms in total. The summed E-state index contributed by atoms with van der Waals surface area (Å²) in [6.07, 6.45) is 5.55. The van der Waals surface area contributed by atoms with Gasteiger partial charge >= 0.3 is 0 Å². The molecule has 2 amide bonds. The standard InChI is InChI=1S/C20H21N5O3S/c26-18(10-11-25-20(28)14-7-4-5-8-15(14)21-24-25)22-23-19(27)17-12-13-6-2-1-3-9-16(13)29-17/h4-5,7-8,12H,1-3,6,9-11H2,(H,22,26)(H,23,27). The Morgan fingerprint density at radius 1 is 1.10 bits per heavy atom. The molecule has 0 atom stereocenters. The molecule has 9 heteroatoms. The zero-order valence-electron chi connectivity index (χ0n) is 15.8. The van der Waals surface area contributed by atoms with Crippen molar-refractivity contribution < 1.29 is 9.59 Å². The normalized spacial score (nSPS) is 13.5. The molecule has 0 fully saturated rings. The predicted molar refractivity (Wildman–Crippen MR) is 110 cm³/mol. The van der Waals surface area contributed by atoms with Crippen LogP contribution in [0.5, 0.6) is 0 Å². The van der Waals surface area contributed by atoms with Crippen molar-refractivity contribution in [2.75, 3.05) is 0 Å². The van der Waals surface area contributed by atoms with E-state index in [0.717, 1.165) is 30.4 Å². The lowest BCUT2D eigenvalue weighted by Crippen LogP contribution is -2.42.